The molecule has 0 aromatic carbocycles. The molecule has 1 saturated carbocycles. The summed E-state index contributed by atoms with van der Waals surface area (Å²) in [7, 11) is 0. The van der Waals surface area contributed by atoms with Crippen molar-refractivity contribution in [2.45, 2.75) is 36.9 Å². The van der Waals surface area contributed by atoms with Crippen molar-refractivity contribution < 1.29 is 4.79 Å². The number of aromatic nitrogens is 1. The topological polar surface area (TPSA) is 42.0 Å². The molecule has 20 heavy (non-hydrogen) atoms. The van der Waals surface area contributed by atoms with Gasteiger partial charge in [-0.25, -0.2) is 4.98 Å². The maximum atomic E-state index is 12.1. The third-order valence-corrected chi connectivity index (χ3v) is 5.93. The van der Waals surface area contributed by atoms with Crippen molar-refractivity contribution in [2.24, 2.45) is 0 Å². The molecule has 0 bridgehead atoms. The van der Waals surface area contributed by atoms with E-state index in [9.17, 15) is 4.79 Å². The molecule has 1 N–H and O–H groups in total. The molecular weight excluding hydrogens is 315 g/mol. The third kappa shape index (κ3) is 3.80. The Hall–Kier alpha value is -0.450. The Morgan fingerprint density at radius 3 is 2.70 bits per heavy atom. The van der Waals surface area contributed by atoms with Crippen molar-refractivity contribution in [3.63, 3.8) is 0 Å². The zero-order chi connectivity index (χ0) is 14.6. The number of nitrogens with zero attached hydrogens (tertiary/aromatic N) is 1. The lowest BCUT2D eigenvalue weighted by Crippen LogP contribution is -2.41. The second-order valence-electron chi connectivity index (χ2n) is 5.13. The SMILES string of the molecule is CSC1(CNC(=O)c2cnc(Cl)c(Cl)c2)CCCCC1. The number of rotatable bonds is 4. The highest BCUT2D eigenvalue weighted by atomic mass is 35.5. The fourth-order valence-electron chi connectivity index (χ4n) is 2.54. The zero-order valence-corrected chi connectivity index (χ0v) is 13.7. The van der Waals surface area contributed by atoms with Crippen molar-refractivity contribution in [2.75, 3.05) is 12.8 Å². The highest BCUT2D eigenvalue weighted by molar-refractivity contribution is 8.00. The van der Waals surface area contributed by atoms with E-state index in [-0.39, 0.29) is 15.8 Å². The smallest absolute Gasteiger partial charge is 0.252 e. The van der Waals surface area contributed by atoms with Crippen LogP contribution in [-0.2, 0) is 0 Å². The summed E-state index contributed by atoms with van der Waals surface area (Å²) in [5.41, 5.74) is 0.450. The third-order valence-electron chi connectivity index (χ3n) is 3.83. The van der Waals surface area contributed by atoms with Crippen molar-refractivity contribution in [3.05, 3.63) is 28.0 Å². The lowest BCUT2D eigenvalue weighted by molar-refractivity contribution is 0.0946. The first kappa shape index (κ1) is 15.9. The molecule has 0 unspecified atom stereocenters. The first-order chi connectivity index (χ1) is 9.56. The van der Waals surface area contributed by atoms with Crippen LogP contribution in [0.1, 0.15) is 42.5 Å². The molecule has 0 spiro atoms. The van der Waals surface area contributed by atoms with E-state index in [0.29, 0.717) is 17.1 Å². The quantitative estimate of drug-likeness (QED) is 0.841. The second-order valence-corrected chi connectivity index (χ2v) is 7.17. The van der Waals surface area contributed by atoms with Gasteiger partial charge in [0, 0.05) is 17.5 Å². The summed E-state index contributed by atoms with van der Waals surface area (Å²) < 4.78 is 0.178. The van der Waals surface area contributed by atoms with E-state index in [0.717, 1.165) is 12.8 Å². The molecule has 1 heterocycles. The van der Waals surface area contributed by atoms with E-state index < -0.39 is 0 Å². The predicted molar refractivity (Wildman–Crippen MR) is 85.9 cm³/mol. The number of halogens is 2. The summed E-state index contributed by atoms with van der Waals surface area (Å²) >= 11 is 13.5. The molecule has 0 saturated heterocycles. The molecule has 1 aromatic rings. The van der Waals surface area contributed by atoms with E-state index in [1.807, 2.05) is 11.8 Å². The molecule has 0 aliphatic heterocycles. The van der Waals surface area contributed by atoms with Crippen LogP contribution in [0, 0.1) is 0 Å². The minimum atomic E-state index is -0.143. The Bertz CT molecular complexity index is 490. The second kappa shape index (κ2) is 7.01. The van der Waals surface area contributed by atoms with Gasteiger partial charge in [-0.15, -0.1) is 0 Å². The van der Waals surface area contributed by atoms with Crippen molar-refractivity contribution in [1.29, 1.82) is 0 Å². The summed E-state index contributed by atoms with van der Waals surface area (Å²) in [5, 5.41) is 3.53. The summed E-state index contributed by atoms with van der Waals surface area (Å²) in [6.45, 7) is 0.688. The predicted octanol–water partition coefficient (Wildman–Crippen LogP) is 4.18. The number of hydrogen-bond acceptors (Lipinski definition) is 3. The van der Waals surface area contributed by atoms with Crippen LogP contribution in [-0.4, -0.2) is 28.4 Å². The number of carbonyl (C=O) groups is 1. The average molecular weight is 333 g/mol. The Balaban J connectivity index is 1.98. The monoisotopic (exact) mass is 332 g/mol. The van der Waals surface area contributed by atoms with Crippen LogP contribution in [0.2, 0.25) is 10.2 Å². The van der Waals surface area contributed by atoms with E-state index in [1.165, 1.54) is 25.5 Å². The molecule has 1 aliphatic carbocycles. The summed E-state index contributed by atoms with van der Waals surface area (Å²) in [5.74, 6) is -0.143. The van der Waals surface area contributed by atoms with Crippen LogP contribution < -0.4 is 5.32 Å². The van der Waals surface area contributed by atoms with Crippen LogP contribution in [0.3, 0.4) is 0 Å². The Kier molecular flexibility index (Phi) is 5.58. The molecular formula is C14H18Cl2N2OS. The molecule has 1 amide bonds. The van der Waals surface area contributed by atoms with Crippen molar-refractivity contribution in [1.82, 2.24) is 10.3 Å². The van der Waals surface area contributed by atoms with Gasteiger partial charge >= 0.3 is 0 Å². The molecule has 0 atom stereocenters. The lowest BCUT2D eigenvalue weighted by Gasteiger charge is -2.35. The summed E-state index contributed by atoms with van der Waals surface area (Å²) in [4.78, 5) is 16.0. The molecule has 110 valence electrons. The van der Waals surface area contributed by atoms with Gasteiger partial charge in [-0.2, -0.15) is 11.8 Å². The van der Waals surface area contributed by atoms with Gasteiger partial charge in [0.15, 0.2) is 0 Å². The van der Waals surface area contributed by atoms with Gasteiger partial charge < -0.3 is 5.32 Å². The molecule has 6 heteroatoms. The number of carbonyl (C=O) groups excluding carboxylic acids is 1. The van der Waals surface area contributed by atoms with Gasteiger partial charge in [-0.1, -0.05) is 42.5 Å². The van der Waals surface area contributed by atoms with Gasteiger partial charge in [0.2, 0.25) is 0 Å². The molecule has 3 nitrogen and oxygen atoms in total. The number of nitrogens with one attached hydrogen (secondary N) is 1. The maximum Gasteiger partial charge on any atom is 0.252 e. The Labute approximate surface area is 133 Å². The number of amides is 1. The van der Waals surface area contributed by atoms with Gasteiger partial charge in [0.1, 0.15) is 5.15 Å². The standard InChI is InChI=1S/C14H18Cl2N2OS/c1-20-14(5-3-2-4-6-14)9-18-13(19)10-7-11(15)12(16)17-8-10/h7-8H,2-6,9H2,1H3,(H,18,19). The van der Waals surface area contributed by atoms with Crippen molar-refractivity contribution in [3.8, 4) is 0 Å². The molecule has 2 rings (SSSR count). The average Bonchev–Trinajstić information content (AvgIpc) is 2.48. The van der Waals surface area contributed by atoms with Crippen LogP contribution in [0.5, 0.6) is 0 Å². The number of pyridine rings is 1. The van der Waals surface area contributed by atoms with Crippen LogP contribution in [0.15, 0.2) is 12.3 Å². The first-order valence-corrected chi connectivity index (χ1v) is 8.69. The number of thioether (sulfide) groups is 1. The van der Waals surface area contributed by atoms with Gasteiger partial charge in [0.05, 0.1) is 10.6 Å². The minimum absolute atomic E-state index is 0.143. The van der Waals surface area contributed by atoms with Gasteiger partial charge in [-0.05, 0) is 25.2 Å². The fraction of sp³-hybridized carbons (Fsp3) is 0.571. The van der Waals surface area contributed by atoms with Crippen LogP contribution in [0.25, 0.3) is 0 Å². The fourth-order valence-corrected chi connectivity index (χ4v) is 3.72. The summed E-state index contributed by atoms with van der Waals surface area (Å²) in [6, 6.07) is 1.55. The molecule has 1 aliphatic rings. The largest absolute Gasteiger partial charge is 0.351 e. The van der Waals surface area contributed by atoms with Gasteiger partial charge in [0.25, 0.3) is 5.91 Å². The Morgan fingerprint density at radius 2 is 2.10 bits per heavy atom. The normalized spacial score (nSPS) is 17.8. The van der Waals surface area contributed by atoms with E-state index in [2.05, 4.69) is 16.6 Å². The Morgan fingerprint density at radius 1 is 1.40 bits per heavy atom. The lowest BCUT2D eigenvalue weighted by atomic mass is 9.88. The van der Waals surface area contributed by atoms with Crippen molar-refractivity contribution >= 4 is 40.9 Å². The van der Waals surface area contributed by atoms with E-state index in [4.69, 9.17) is 23.2 Å². The first-order valence-electron chi connectivity index (χ1n) is 6.71. The molecule has 1 aromatic heterocycles. The maximum absolute atomic E-state index is 12.1. The highest BCUT2D eigenvalue weighted by Gasteiger charge is 2.31. The molecule has 0 radical (unpaired) electrons. The highest BCUT2D eigenvalue weighted by Crippen LogP contribution is 2.38. The summed E-state index contributed by atoms with van der Waals surface area (Å²) in [6.07, 6.45) is 9.68. The van der Waals surface area contributed by atoms with E-state index >= 15 is 0 Å². The minimum Gasteiger partial charge on any atom is -0.351 e. The van der Waals surface area contributed by atoms with Gasteiger partial charge in [-0.3, -0.25) is 4.79 Å². The van der Waals surface area contributed by atoms with E-state index in [1.54, 1.807) is 6.07 Å². The van der Waals surface area contributed by atoms with Crippen LogP contribution >= 0.6 is 35.0 Å². The zero-order valence-electron chi connectivity index (χ0n) is 11.4. The molecule has 1 fully saturated rings. The number of hydrogen-bond donors (Lipinski definition) is 1. The van der Waals surface area contributed by atoms with Crippen LogP contribution in [0.4, 0.5) is 0 Å².